The average Bonchev–Trinajstić information content (AvgIpc) is 2.84. The number of aliphatic hydroxyl groups excluding tert-OH is 1. The van der Waals surface area contributed by atoms with Gasteiger partial charge in [-0.2, -0.15) is 5.10 Å². The van der Waals surface area contributed by atoms with Crippen molar-refractivity contribution in [3.05, 3.63) is 64.4 Å². The zero-order chi connectivity index (χ0) is 17.3. The Hall–Kier alpha value is -2.37. The van der Waals surface area contributed by atoms with Gasteiger partial charge in [0.05, 0.1) is 17.4 Å². The molecule has 0 radical (unpaired) electrons. The summed E-state index contributed by atoms with van der Waals surface area (Å²) in [7, 11) is 1.68. The number of benzene rings is 2. The number of hydrogen-bond donors (Lipinski definition) is 2. The van der Waals surface area contributed by atoms with E-state index in [1.807, 2.05) is 42.5 Å². The van der Waals surface area contributed by atoms with Gasteiger partial charge in [0.2, 0.25) is 0 Å². The summed E-state index contributed by atoms with van der Waals surface area (Å²) in [5.74, 6) is -0.342. The SMILES string of the molecule is Cc1nn(C)c(Cl)c1C(=O)NCC(O)c1ccc2ccccc2c1. The van der Waals surface area contributed by atoms with Gasteiger partial charge in [0.25, 0.3) is 5.91 Å². The summed E-state index contributed by atoms with van der Waals surface area (Å²) in [5, 5.41) is 19.6. The van der Waals surface area contributed by atoms with E-state index in [1.165, 1.54) is 4.68 Å². The predicted octanol–water partition coefficient (Wildman–Crippen LogP) is 3.00. The number of halogens is 1. The van der Waals surface area contributed by atoms with Gasteiger partial charge in [-0.05, 0) is 29.3 Å². The molecule has 6 heteroatoms. The summed E-state index contributed by atoms with van der Waals surface area (Å²) in [4.78, 5) is 12.3. The van der Waals surface area contributed by atoms with E-state index in [9.17, 15) is 9.90 Å². The van der Waals surface area contributed by atoms with E-state index in [1.54, 1.807) is 14.0 Å². The van der Waals surface area contributed by atoms with Gasteiger partial charge in [-0.1, -0.05) is 48.0 Å². The monoisotopic (exact) mass is 343 g/mol. The van der Waals surface area contributed by atoms with Crippen LogP contribution in [-0.4, -0.2) is 27.3 Å². The molecule has 0 aliphatic rings. The molecule has 1 amide bonds. The van der Waals surface area contributed by atoms with Gasteiger partial charge in [-0.15, -0.1) is 0 Å². The molecular formula is C18H18ClN3O2. The van der Waals surface area contributed by atoms with Gasteiger partial charge >= 0.3 is 0 Å². The number of hydrogen-bond acceptors (Lipinski definition) is 3. The van der Waals surface area contributed by atoms with Crippen LogP contribution in [0.2, 0.25) is 5.15 Å². The Bertz CT molecular complexity index is 904. The zero-order valence-corrected chi connectivity index (χ0v) is 14.2. The number of aromatic nitrogens is 2. The Kier molecular flexibility index (Phi) is 4.55. The van der Waals surface area contributed by atoms with Gasteiger partial charge in [0.15, 0.2) is 0 Å². The van der Waals surface area contributed by atoms with Crippen LogP contribution in [0.4, 0.5) is 0 Å². The number of aliphatic hydroxyl groups is 1. The molecule has 0 aliphatic carbocycles. The van der Waals surface area contributed by atoms with E-state index in [0.717, 1.165) is 16.3 Å². The minimum absolute atomic E-state index is 0.0990. The summed E-state index contributed by atoms with van der Waals surface area (Å²) in [6.45, 7) is 1.82. The lowest BCUT2D eigenvalue weighted by atomic mass is 10.0. The maximum Gasteiger partial charge on any atom is 0.256 e. The van der Waals surface area contributed by atoms with Crippen molar-refractivity contribution in [2.24, 2.45) is 7.05 Å². The highest BCUT2D eigenvalue weighted by Gasteiger charge is 2.19. The van der Waals surface area contributed by atoms with Crippen molar-refractivity contribution >= 4 is 28.3 Å². The Morgan fingerprint density at radius 3 is 2.67 bits per heavy atom. The van der Waals surface area contributed by atoms with Crippen LogP contribution in [0.1, 0.15) is 27.7 Å². The molecule has 124 valence electrons. The van der Waals surface area contributed by atoms with Crippen LogP contribution < -0.4 is 5.32 Å². The van der Waals surface area contributed by atoms with Crippen molar-refractivity contribution in [3.8, 4) is 0 Å². The second-order valence-electron chi connectivity index (χ2n) is 5.71. The van der Waals surface area contributed by atoms with Crippen LogP contribution in [0.3, 0.4) is 0 Å². The van der Waals surface area contributed by atoms with Crippen LogP contribution in [0, 0.1) is 6.92 Å². The van der Waals surface area contributed by atoms with Crippen LogP contribution in [0.15, 0.2) is 42.5 Å². The Balaban J connectivity index is 1.72. The van der Waals surface area contributed by atoms with Crippen molar-refractivity contribution in [2.45, 2.75) is 13.0 Å². The van der Waals surface area contributed by atoms with E-state index in [4.69, 9.17) is 11.6 Å². The summed E-state index contributed by atoms with van der Waals surface area (Å²) in [6.07, 6.45) is -0.797. The first-order chi connectivity index (χ1) is 11.5. The fraction of sp³-hybridized carbons (Fsp3) is 0.222. The van der Waals surface area contributed by atoms with Gasteiger partial charge in [0.1, 0.15) is 5.15 Å². The van der Waals surface area contributed by atoms with Crippen molar-refractivity contribution in [2.75, 3.05) is 6.54 Å². The maximum absolute atomic E-state index is 12.3. The standard InChI is InChI=1S/C18H18ClN3O2/c1-11-16(17(19)22(2)21-11)18(24)20-10-15(23)14-8-7-12-5-3-4-6-13(12)9-14/h3-9,15,23H,10H2,1-2H3,(H,20,24). The minimum atomic E-state index is -0.797. The minimum Gasteiger partial charge on any atom is -0.387 e. The lowest BCUT2D eigenvalue weighted by molar-refractivity contribution is 0.0916. The number of carbonyl (C=O) groups is 1. The third kappa shape index (κ3) is 3.13. The summed E-state index contributed by atoms with van der Waals surface area (Å²) < 4.78 is 1.45. The van der Waals surface area contributed by atoms with E-state index in [0.29, 0.717) is 11.3 Å². The molecule has 3 rings (SSSR count). The molecule has 3 aromatic rings. The largest absolute Gasteiger partial charge is 0.387 e. The number of aryl methyl sites for hydroxylation is 2. The highest BCUT2D eigenvalue weighted by molar-refractivity contribution is 6.33. The van der Waals surface area contributed by atoms with Gasteiger partial charge in [-0.3, -0.25) is 9.48 Å². The summed E-state index contributed by atoms with van der Waals surface area (Å²) >= 11 is 6.08. The summed E-state index contributed by atoms with van der Waals surface area (Å²) in [5.41, 5.74) is 1.65. The average molecular weight is 344 g/mol. The number of fused-ring (bicyclic) bond motifs is 1. The van der Waals surface area contributed by atoms with Crippen molar-refractivity contribution < 1.29 is 9.90 Å². The Morgan fingerprint density at radius 1 is 1.29 bits per heavy atom. The Labute approximate surface area is 144 Å². The fourth-order valence-corrected chi connectivity index (χ4v) is 2.96. The van der Waals surface area contributed by atoms with Crippen molar-refractivity contribution in [3.63, 3.8) is 0 Å². The first-order valence-electron chi connectivity index (χ1n) is 7.61. The molecule has 0 saturated carbocycles. The predicted molar refractivity (Wildman–Crippen MR) is 94.2 cm³/mol. The third-order valence-corrected chi connectivity index (χ3v) is 4.43. The second kappa shape index (κ2) is 6.63. The maximum atomic E-state index is 12.3. The highest BCUT2D eigenvalue weighted by Crippen LogP contribution is 2.21. The quantitative estimate of drug-likeness (QED) is 0.765. The fourth-order valence-electron chi connectivity index (χ4n) is 2.70. The van der Waals surface area contributed by atoms with Gasteiger partial charge in [-0.25, -0.2) is 0 Å². The second-order valence-corrected chi connectivity index (χ2v) is 6.07. The van der Waals surface area contributed by atoms with Crippen LogP contribution in [0.5, 0.6) is 0 Å². The molecule has 0 aliphatic heterocycles. The lowest BCUT2D eigenvalue weighted by Gasteiger charge is -2.13. The van der Waals surface area contributed by atoms with Crippen molar-refractivity contribution in [1.29, 1.82) is 0 Å². The molecular weight excluding hydrogens is 326 g/mol. The summed E-state index contributed by atoms with van der Waals surface area (Å²) in [6, 6.07) is 13.7. The molecule has 0 saturated heterocycles. The number of nitrogens with zero attached hydrogens (tertiary/aromatic N) is 2. The van der Waals surface area contributed by atoms with Crippen LogP contribution >= 0.6 is 11.6 Å². The van der Waals surface area contributed by atoms with E-state index in [2.05, 4.69) is 10.4 Å². The molecule has 2 aromatic carbocycles. The molecule has 24 heavy (non-hydrogen) atoms. The number of amides is 1. The van der Waals surface area contributed by atoms with E-state index in [-0.39, 0.29) is 17.6 Å². The molecule has 2 N–H and O–H groups in total. The normalized spacial score (nSPS) is 12.3. The van der Waals surface area contributed by atoms with Crippen molar-refractivity contribution in [1.82, 2.24) is 15.1 Å². The molecule has 0 bridgehead atoms. The highest BCUT2D eigenvalue weighted by atomic mass is 35.5. The molecule has 1 atom stereocenters. The topological polar surface area (TPSA) is 67.2 Å². The molecule has 1 unspecified atom stereocenters. The Morgan fingerprint density at radius 2 is 2.00 bits per heavy atom. The smallest absolute Gasteiger partial charge is 0.256 e. The third-order valence-electron chi connectivity index (χ3n) is 3.99. The van der Waals surface area contributed by atoms with E-state index >= 15 is 0 Å². The first-order valence-corrected chi connectivity index (χ1v) is 7.99. The number of carbonyl (C=O) groups excluding carboxylic acids is 1. The first kappa shape index (κ1) is 16.5. The van der Waals surface area contributed by atoms with Gasteiger partial charge < -0.3 is 10.4 Å². The van der Waals surface area contributed by atoms with E-state index < -0.39 is 6.10 Å². The molecule has 1 heterocycles. The zero-order valence-electron chi connectivity index (χ0n) is 13.5. The molecule has 0 fully saturated rings. The number of nitrogens with one attached hydrogen (secondary N) is 1. The van der Waals surface area contributed by atoms with Crippen LogP contribution in [-0.2, 0) is 7.05 Å². The van der Waals surface area contributed by atoms with Gasteiger partial charge in [0, 0.05) is 13.6 Å². The molecule has 1 aromatic heterocycles. The molecule has 5 nitrogen and oxygen atoms in total. The lowest BCUT2D eigenvalue weighted by Crippen LogP contribution is -2.28. The van der Waals surface area contributed by atoms with Crippen LogP contribution in [0.25, 0.3) is 10.8 Å². The number of rotatable bonds is 4. The molecule has 0 spiro atoms.